The maximum absolute atomic E-state index is 8.71. The maximum atomic E-state index is 8.71. The minimum atomic E-state index is -2.22. The molecule has 1 nitrogen and oxygen atoms in total. The zero-order chi connectivity index (χ0) is 24.1. The normalized spacial score (nSPS) is 15.4. The number of hydrogen-bond acceptors (Lipinski definition) is 0. The molecule has 0 saturated heterocycles. The fourth-order valence-corrected chi connectivity index (χ4v) is 3.39. The Morgan fingerprint density at radius 1 is 0.926 bits per heavy atom. The van der Waals surface area contributed by atoms with E-state index in [4.69, 9.17) is 6.85 Å². The molecule has 0 N–H and O–H groups in total. The van der Waals surface area contributed by atoms with Gasteiger partial charge >= 0.3 is 0 Å². The lowest BCUT2D eigenvalue weighted by Crippen LogP contribution is -2.32. The Balaban J connectivity index is 2.26. The molecule has 0 atom stereocenters. The van der Waals surface area contributed by atoms with Gasteiger partial charge in [-0.1, -0.05) is 57.2 Å². The fourth-order valence-electron chi connectivity index (χ4n) is 3.39. The quantitative estimate of drug-likeness (QED) is 0.477. The summed E-state index contributed by atoms with van der Waals surface area (Å²) in [7, 11) is 1.91. The summed E-state index contributed by atoms with van der Waals surface area (Å²) in [6, 6.07) is 15.3. The van der Waals surface area contributed by atoms with Crippen LogP contribution in [-0.4, -0.2) is 0 Å². The molecule has 140 valence electrons. The molecule has 0 amide bonds. The summed E-state index contributed by atoms with van der Waals surface area (Å²) in [6.07, 6.45) is 0.373. The highest BCUT2D eigenvalue weighted by Gasteiger charge is 2.20. The van der Waals surface area contributed by atoms with E-state index in [2.05, 4.69) is 0 Å². The smallest absolute Gasteiger partial charge is 0.201 e. The van der Waals surface area contributed by atoms with Crippen LogP contribution < -0.4 is 4.57 Å². The zero-order valence-electron chi connectivity index (χ0n) is 22.1. The Labute approximate surface area is 171 Å². The summed E-state index contributed by atoms with van der Waals surface area (Å²) in [5.41, 5.74) is 5.60. The van der Waals surface area contributed by atoms with Crippen molar-refractivity contribution < 1.29 is 11.4 Å². The highest BCUT2D eigenvalue weighted by Crippen LogP contribution is 2.32. The predicted molar refractivity (Wildman–Crippen MR) is 116 cm³/mol. The molecule has 1 heterocycles. The number of pyridine rings is 1. The number of rotatable bonds is 3. The van der Waals surface area contributed by atoms with E-state index in [9.17, 15) is 0 Å². The zero-order valence-corrected chi connectivity index (χ0v) is 17.1. The number of aromatic nitrogens is 1. The van der Waals surface area contributed by atoms with E-state index in [1.54, 1.807) is 6.07 Å². The summed E-state index contributed by atoms with van der Waals surface area (Å²) in [5.74, 6) is 0. The molecule has 0 unspecified atom stereocenters. The van der Waals surface area contributed by atoms with Crippen molar-refractivity contribution in [1.82, 2.24) is 0 Å². The van der Waals surface area contributed by atoms with E-state index in [0.29, 0.717) is 16.7 Å². The van der Waals surface area contributed by atoms with E-state index in [-0.39, 0.29) is 0 Å². The molecule has 2 aromatic carbocycles. The Hall–Kier alpha value is -2.41. The summed E-state index contributed by atoms with van der Waals surface area (Å²) < 4.78 is 43.5. The van der Waals surface area contributed by atoms with Gasteiger partial charge in [0.15, 0.2) is 6.20 Å². The first-order chi connectivity index (χ1) is 14.6. The third-order valence-corrected chi connectivity index (χ3v) is 4.72. The average Bonchev–Trinajstić information content (AvgIpc) is 2.68. The Bertz CT molecular complexity index is 1140. The molecule has 0 fully saturated rings. The van der Waals surface area contributed by atoms with E-state index in [1.165, 1.54) is 0 Å². The van der Waals surface area contributed by atoms with Gasteiger partial charge in [-0.25, -0.2) is 4.57 Å². The molecule has 0 saturated carbocycles. The van der Waals surface area contributed by atoms with Gasteiger partial charge in [-0.15, -0.1) is 0 Å². The monoisotopic (exact) mass is 363 g/mol. The van der Waals surface area contributed by atoms with Gasteiger partial charge in [0.1, 0.15) is 7.05 Å². The standard InChI is InChI=1S/C26H32N/c1-18-14-25(27(7)17-22(18)16-26(4,5)6)24-15-23(19(2)13-20(24)3)21-11-9-8-10-12-21/h8-15,17H,16H2,1-7H3/q+1/i2D3,16D2. The lowest BCUT2D eigenvalue weighted by Gasteiger charge is -2.19. The summed E-state index contributed by atoms with van der Waals surface area (Å²) in [4.78, 5) is 0. The van der Waals surface area contributed by atoms with Gasteiger partial charge in [0.2, 0.25) is 5.69 Å². The van der Waals surface area contributed by atoms with Crippen molar-refractivity contribution in [3.63, 3.8) is 0 Å². The third-order valence-electron chi connectivity index (χ3n) is 4.72. The molecule has 3 aromatic rings. The Morgan fingerprint density at radius 3 is 2.26 bits per heavy atom. The molecule has 1 heteroatoms. The number of nitrogens with zero attached hydrogens (tertiary/aromatic N) is 1. The molecular weight excluding hydrogens is 326 g/mol. The number of aryl methyl sites for hydroxylation is 4. The molecule has 0 bridgehead atoms. The second-order valence-electron chi connectivity index (χ2n) is 8.32. The molecule has 1 aromatic heterocycles. The first kappa shape index (κ1) is 13.7. The number of benzene rings is 2. The second kappa shape index (κ2) is 7.31. The second-order valence-corrected chi connectivity index (χ2v) is 8.32. The van der Waals surface area contributed by atoms with Crippen LogP contribution in [-0.2, 0) is 13.4 Å². The summed E-state index contributed by atoms with van der Waals surface area (Å²) in [5, 5.41) is 0. The van der Waals surface area contributed by atoms with E-state index in [0.717, 1.165) is 27.9 Å². The lowest BCUT2D eigenvalue weighted by molar-refractivity contribution is -0.660. The van der Waals surface area contributed by atoms with Crippen molar-refractivity contribution >= 4 is 0 Å². The fraction of sp³-hybridized carbons (Fsp3) is 0.346. The van der Waals surface area contributed by atoms with E-state index in [1.807, 2.05) is 94.9 Å². The van der Waals surface area contributed by atoms with Crippen LogP contribution in [0.5, 0.6) is 0 Å². The van der Waals surface area contributed by atoms with Crippen molar-refractivity contribution in [2.75, 3.05) is 0 Å². The van der Waals surface area contributed by atoms with Crippen LogP contribution in [0.15, 0.2) is 54.7 Å². The lowest BCUT2D eigenvalue weighted by atomic mass is 9.86. The van der Waals surface area contributed by atoms with Crippen molar-refractivity contribution in [1.29, 1.82) is 0 Å². The van der Waals surface area contributed by atoms with Crippen molar-refractivity contribution in [3.05, 3.63) is 77.0 Å². The van der Waals surface area contributed by atoms with Crippen LogP contribution in [0.4, 0.5) is 0 Å². The maximum Gasteiger partial charge on any atom is 0.212 e. The van der Waals surface area contributed by atoms with Gasteiger partial charge < -0.3 is 0 Å². The molecular formula is C26H32N+. The molecule has 27 heavy (non-hydrogen) atoms. The molecule has 0 spiro atoms. The van der Waals surface area contributed by atoms with Gasteiger partial charge in [0, 0.05) is 24.0 Å². The van der Waals surface area contributed by atoms with Crippen molar-refractivity contribution in [2.24, 2.45) is 12.5 Å². The molecule has 3 rings (SSSR count). The van der Waals surface area contributed by atoms with Crippen molar-refractivity contribution in [2.45, 2.75) is 47.8 Å². The van der Waals surface area contributed by atoms with E-state index < -0.39 is 18.6 Å². The van der Waals surface area contributed by atoms with Crippen molar-refractivity contribution in [3.8, 4) is 22.4 Å². The SMILES string of the molecule is [2H]C([2H])([2H])c1cc(C)c(-c2cc(C)c(C([2H])([2H])C(C)(C)C)c[n+]2C)cc1-c1ccccc1. The van der Waals surface area contributed by atoms with Gasteiger partial charge in [-0.2, -0.15) is 0 Å². The highest BCUT2D eigenvalue weighted by atomic mass is 14.9. The summed E-state index contributed by atoms with van der Waals surface area (Å²) >= 11 is 0. The Morgan fingerprint density at radius 2 is 1.63 bits per heavy atom. The molecule has 0 aliphatic rings. The largest absolute Gasteiger partial charge is 0.212 e. The van der Waals surface area contributed by atoms with Gasteiger partial charge in [-0.3, -0.25) is 0 Å². The summed E-state index contributed by atoms with van der Waals surface area (Å²) in [6.45, 7) is 7.36. The van der Waals surface area contributed by atoms with Gasteiger partial charge in [0.05, 0.1) is 0 Å². The average molecular weight is 364 g/mol. The molecule has 0 aliphatic heterocycles. The minimum absolute atomic E-state index is 0.338. The van der Waals surface area contributed by atoms with Crippen LogP contribution in [0.2, 0.25) is 0 Å². The first-order valence-corrected chi connectivity index (χ1v) is 9.36. The first-order valence-electron chi connectivity index (χ1n) is 11.9. The van der Waals surface area contributed by atoms with Crippen LogP contribution in [0.1, 0.15) is 49.9 Å². The minimum Gasteiger partial charge on any atom is -0.201 e. The third kappa shape index (κ3) is 4.30. The van der Waals surface area contributed by atoms with Crippen LogP contribution in [0.25, 0.3) is 22.4 Å². The van der Waals surface area contributed by atoms with E-state index >= 15 is 0 Å². The van der Waals surface area contributed by atoms with Crippen LogP contribution >= 0.6 is 0 Å². The van der Waals surface area contributed by atoms with Gasteiger partial charge in [0.25, 0.3) is 0 Å². The molecule has 0 radical (unpaired) electrons. The van der Waals surface area contributed by atoms with Crippen LogP contribution in [0.3, 0.4) is 0 Å². The van der Waals surface area contributed by atoms with Gasteiger partial charge in [-0.05, 0) is 66.4 Å². The Kier molecular flexibility index (Phi) is 3.71. The highest BCUT2D eigenvalue weighted by molar-refractivity contribution is 5.75. The van der Waals surface area contributed by atoms with Crippen LogP contribution in [0, 0.1) is 26.1 Å². The molecule has 0 aliphatic carbocycles. The topological polar surface area (TPSA) is 3.88 Å². The number of hydrogen-bond donors (Lipinski definition) is 0. The predicted octanol–water partition coefficient (Wildman–Crippen LogP) is 6.36.